The van der Waals surface area contributed by atoms with Crippen molar-refractivity contribution in [3.05, 3.63) is 29.6 Å². The minimum atomic E-state index is -0.159. The molecule has 1 aliphatic heterocycles. The molecule has 0 spiro atoms. The van der Waals surface area contributed by atoms with E-state index in [1.54, 1.807) is 0 Å². The summed E-state index contributed by atoms with van der Waals surface area (Å²) in [4.78, 5) is 6.83. The normalized spacial score (nSPS) is 23.5. The molecular formula is C16H27N3O. The van der Waals surface area contributed by atoms with Gasteiger partial charge in [-0.1, -0.05) is 6.07 Å². The second kappa shape index (κ2) is 5.43. The lowest BCUT2D eigenvalue weighted by atomic mass is 9.95. The molecule has 1 aromatic rings. The molecule has 0 radical (unpaired) electrons. The summed E-state index contributed by atoms with van der Waals surface area (Å²) in [5, 5.41) is 0. The first-order chi connectivity index (χ1) is 9.22. The standard InChI is InChI=1S/C16H27N3O/c1-12-6-7-13(9-18-12)14(8-17)19-10-15(2,3)20-16(4,5)11-19/h6-7,9,14H,8,10-11,17H2,1-5H3. The number of nitrogens with two attached hydrogens (primary N) is 1. The van der Waals surface area contributed by atoms with E-state index in [0.717, 1.165) is 18.8 Å². The summed E-state index contributed by atoms with van der Waals surface area (Å²) >= 11 is 0. The molecule has 2 N–H and O–H groups in total. The fourth-order valence-corrected chi connectivity index (χ4v) is 3.24. The average molecular weight is 277 g/mol. The molecule has 4 nitrogen and oxygen atoms in total. The first-order valence-corrected chi connectivity index (χ1v) is 7.29. The van der Waals surface area contributed by atoms with Gasteiger partial charge in [0.25, 0.3) is 0 Å². The lowest BCUT2D eigenvalue weighted by Crippen LogP contribution is -2.58. The summed E-state index contributed by atoms with van der Waals surface area (Å²) in [5.41, 5.74) is 7.94. The molecule has 1 saturated heterocycles. The van der Waals surface area contributed by atoms with Crippen molar-refractivity contribution >= 4 is 0 Å². The monoisotopic (exact) mass is 277 g/mol. The maximum Gasteiger partial charge on any atom is 0.0761 e. The molecule has 4 heteroatoms. The van der Waals surface area contributed by atoms with Gasteiger partial charge in [-0.3, -0.25) is 9.88 Å². The van der Waals surface area contributed by atoms with Crippen LogP contribution in [0.2, 0.25) is 0 Å². The van der Waals surface area contributed by atoms with Crippen LogP contribution in [0.3, 0.4) is 0 Å². The third-order valence-electron chi connectivity index (χ3n) is 3.70. The van der Waals surface area contributed by atoms with E-state index in [4.69, 9.17) is 10.5 Å². The van der Waals surface area contributed by atoms with Crippen molar-refractivity contribution < 1.29 is 4.74 Å². The molecule has 20 heavy (non-hydrogen) atoms. The number of hydrogen-bond donors (Lipinski definition) is 1. The Labute approximate surface area is 122 Å². The summed E-state index contributed by atoms with van der Waals surface area (Å²) in [7, 11) is 0. The summed E-state index contributed by atoms with van der Waals surface area (Å²) < 4.78 is 6.14. The van der Waals surface area contributed by atoms with Crippen LogP contribution < -0.4 is 5.73 Å². The van der Waals surface area contributed by atoms with E-state index in [-0.39, 0.29) is 17.2 Å². The molecule has 0 aliphatic carbocycles. The van der Waals surface area contributed by atoms with E-state index in [0.29, 0.717) is 6.54 Å². The van der Waals surface area contributed by atoms with Crippen LogP contribution >= 0.6 is 0 Å². The van der Waals surface area contributed by atoms with E-state index >= 15 is 0 Å². The van der Waals surface area contributed by atoms with Crippen LogP contribution in [-0.2, 0) is 4.74 Å². The molecule has 1 aromatic heterocycles. The molecule has 0 saturated carbocycles. The van der Waals surface area contributed by atoms with Gasteiger partial charge in [-0.2, -0.15) is 0 Å². The van der Waals surface area contributed by atoms with Crippen LogP contribution in [0.25, 0.3) is 0 Å². The van der Waals surface area contributed by atoms with Crippen LogP contribution in [-0.4, -0.2) is 40.7 Å². The highest BCUT2D eigenvalue weighted by Crippen LogP contribution is 2.33. The van der Waals surface area contributed by atoms with E-state index in [1.807, 2.05) is 13.1 Å². The van der Waals surface area contributed by atoms with Crippen molar-refractivity contribution in [3.63, 3.8) is 0 Å². The van der Waals surface area contributed by atoms with Crippen molar-refractivity contribution in [2.45, 2.75) is 51.9 Å². The maximum atomic E-state index is 6.14. The van der Waals surface area contributed by atoms with Crippen molar-refractivity contribution in [2.24, 2.45) is 5.73 Å². The first kappa shape index (κ1) is 15.4. The number of aromatic nitrogens is 1. The average Bonchev–Trinajstić information content (AvgIpc) is 2.28. The molecule has 1 aliphatic rings. The lowest BCUT2D eigenvalue weighted by molar-refractivity contribution is -0.187. The smallest absolute Gasteiger partial charge is 0.0761 e. The molecule has 0 amide bonds. The topological polar surface area (TPSA) is 51.4 Å². The molecular weight excluding hydrogens is 250 g/mol. The lowest BCUT2D eigenvalue weighted by Gasteiger charge is -2.49. The van der Waals surface area contributed by atoms with Gasteiger partial charge in [-0.15, -0.1) is 0 Å². The second-order valence-electron chi connectivity index (χ2n) is 7.01. The minimum absolute atomic E-state index is 0.159. The summed E-state index contributed by atoms with van der Waals surface area (Å²) in [6.07, 6.45) is 1.95. The highest BCUT2D eigenvalue weighted by Gasteiger charge is 2.40. The van der Waals surface area contributed by atoms with Gasteiger partial charge in [-0.25, -0.2) is 0 Å². The molecule has 1 fully saturated rings. The molecule has 2 rings (SSSR count). The van der Waals surface area contributed by atoms with Gasteiger partial charge in [0.15, 0.2) is 0 Å². The van der Waals surface area contributed by atoms with E-state index < -0.39 is 0 Å². The van der Waals surface area contributed by atoms with Crippen molar-refractivity contribution in [3.8, 4) is 0 Å². The molecule has 0 aromatic carbocycles. The number of nitrogens with zero attached hydrogens (tertiary/aromatic N) is 2. The Kier molecular flexibility index (Phi) is 4.19. The number of rotatable bonds is 3. The SMILES string of the molecule is Cc1ccc(C(CN)N2CC(C)(C)OC(C)(C)C2)cn1. The second-order valence-corrected chi connectivity index (χ2v) is 7.01. The predicted molar refractivity (Wildman–Crippen MR) is 81.6 cm³/mol. The highest BCUT2D eigenvalue weighted by molar-refractivity contribution is 5.18. The Balaban J connectivity index is 2.24. The Morgan fingerprint density at radius 1 is 1.25 bits per heavy atom. The quantitative estimate of drug-likeness (QED) is 0.921. The number of morpholine rings is 1. The zero-order valence-electron chi connectivity index (χ0n) is 13.3. The zero-order chi connectivity index (χ0) is 15.0. The van der Waals surface area contributed by atoms with Crippen LogP contribution in [0.4, 0.5) is 0 Å². The first-order valence-electron chi connectivity index (χ1n) is 7.29. The van der Waals surface area contributed by atoms with Crippen LogP contribution in [0.5, 0.6) is 0 Å². The highest BCUT2D eigenvalue weighted by atomic mass is 16.5. The molecule has 1 unspecified atom stereocenters. The number of ether oxygens (including phenoxy) is 1. The van der Waals surface area contributed by atoms with Gasteiger partial charge in [-0.05, 0) is 46.2 Å². The van der Waals surface area contributed by atoms with Crippen molar-refractivity contribution in [2.75, 3.05) is 19.6 Å². The van der Waals surface area contributed by atoms with E-state index in [9.17, 15) is 0 Å². The summed E-state index contributed by atoms with van der Waals surface area (Å²) in [5.74, 6) is 0. The largest absolute Gasteiger partial charge is 0.367 e. The van der Waals surface area contributed by atoms with Crippen LogP contribution in [0.1, 0.15) is 45.0 Å². The molecule has 1 atom stereocenters. The number of aryl methyl sites for hydroxylation is 1. The van der Waals surface area contributed by atoms with Crippen LogP contribution in [0, 0.1) is 6.92 Å². The van der Waals surface area contributed by atoms with Gasteiger partial charge >= 0.3 is 0 Å². The third kappa shape index (κ3) is 3.57. The Bertz CT molecular complexity index is 437. The van der Waals surface area contributed by atoms with Crippen molar-refractivity contribution in [1.82, 2.24) is 9.88 Å². The fourth-order valence-electron chi connectivity index (χ4n) is 3.24. The Morgan fingerprint density at radius 3 is 2.30 bits per heavy atom. The third-order valence-corrected chi connectivity index (χ3v) is 3.70. The fraction of sp³-hybridized carbons (Fsp3) is 0.688. The maximum absolute atomic E-state index is 6.14. The molecule has 112 valence electrons. The van der Waals surface area contributed by atoms with Crippen LogP contribution in [0.15, 0.2) is 18.3 Å². The van der Waals surface area contributed by atoms with Gasteiger partial charge in [0.2, 0.25) is 0 Å². The molecule has 0 bridgehead atoms. The van der Waals surface area contributed by atoms with Gasteiger partial charge < -0.3 is 10.5 Å². The van der Waals surface area contributed by atoms with Gasteiger partial charge in [0.1, 0.15) is 0 Å². The molecule has 2 heterocycles. The Hall–Kier alpha value is -0.970. The van der Waals surface area contributed by atoms with Crippen molar-refractivity contribution in [1.29, 1.82) is 0 Å². The number of pyridine rings is 1. The van der Waals surface area contributed by atoms with E-state index in [2.05, 4.69) is 49.7 Å². The zero-order valence-corrected chi connectivity index (χ0v) is 13.3. The summed E-state index contributed by atoms with van der Waals surface area (Å²) in [6, 6.07) is 4.38. The van der Waals surface area contributed by atoms with Gasteiger partial charge in [0.05, 0.1) is 11.2 Å². The summed E-state index contributed by atoms with van der Waals surface area (Å²) in [6.45, 7) is 12.9. The number of hydrogen-bond acceptors (Lipinski definition) is 4. The predicted octanol–water partition coefficient (Wildman–Crippen LogP) is 2.28. The van der Waals surface area contributed by atoms with E-state index in [1.165, 1.54) is 5.56 Å². The minimum Gasteiger partial charge on any atom is -0.367 e. The Morgan fingerprint density at radius 2 is 1.85 bits per heavy atom. The van der Waals surface area contributed by atoms with Gasteiger partial charge in [0, 0.05) is 37.6 Å².